The van der Waals surface area contributed by atoms with Gasteiger partial charge in [-0.15, -0.1) is 6.58 Å². The fourth-order valence-electron chi connectivity index (χ4n) is 3.63. The van der Waals surface area contributed by atoms with Gasteiger partial charge in [0, 0.05) is 12.1 Å². The van der Waals surface area contributed by atoms with Crippen LogP contribution in [0.5, 0.6) is 0 Å². The third kappa shape index (κ3) is 2.94. The van der Waals surface area contributed by atoms with E-state index in [1.165, 1.54) is 4.90 Å². The molecule has 0 aliphatic carbocycles. The van der Waals surface area contributed by atoms with Gasteiger partial charge >= 0.3 is 0 Å². The molecule has 0 aromatic heterocycles. The van der Waals surface area contributed by atoms with E-state index >= 15 is 0 Å². The number of anilines is 1. The van der Waals surface area contributed by atoms with Gasteiger partial charge in [0.1, 0.15) is 4.32 Å². The van der Waals surface area contributed by atoms with Crippen LogP contribution in [0.25, 0.3) is 5.57 Å². The smallest absolute Gasteiger partial charge is 0.267 e. The number of benzene rings is 1. The number of amides is 2. The number of rotatable bonds is 3. The van der Waals surface area contributed by atoms with Crippen molar-refractivity contribution in [3.8, 4) is 0 Å². The van der Waals surface area contributed by atoms with Gasteiger partial charge in [-0.05, 0) is 12.5 Å². The van der Waals surface area contributed by atoms with E-state index < -0.39 is 15.9 Å². The molecule has 3 aliphatic rings. The monoisotopic (exact) mass is 420 g/mol. The lowest BCUT2D eigenvalue weighted by atomic mass is 10.1. The van der Waals surface area contributed by atoms with Crippen LogP contribution in [0.4, 0.5) is 5.69 Å². The van der Waals surface area contributed by atoms with Crippen LogP contribution in [0.15, 0.2) is 41.8 Å². The summed E-state index contributed by atoms with van der Waals surface area (Å²) in [6.07, 6.45) is 2.00. The first-order chi connectivity index (χ1) is 12.8. The lowest BCUT2D eigenvalue weighted by Gasteiger charge is -2.21. The van der Waals surface area contributed by atoms with Crippen LogP contribution in [0.2, 0.25) is 0 Å². The normalized spacial score (nSPS) is 26.8. The zero-order valence-corrected chi connectivity index (χ0v) is 16.7. The van der Waals surface area contributed by atoms with Crippen molar-refractivity contribution in [3.63, 3.8) is 0 Å². The van der Waals surface area contributed by atoms with E-state index in [1.54, 1.807) is 17.0 Å². The summed E-state index contributed by atoms with van der Waals surface area (Å²) in [5.74, 6) is -0.689. The molecule has 0 unspecified atom stereocenters. The molecule has 3 heterocycles. The molecular formula is C18H16N2O4S3. The Morgan fingerprint density at radius 2 is 2.00 bits per heavy atom. The minimum Gasteiger partial charge on any atom is -0.304 e. The summed E-state index contributed by atoms with van der Waals surface area (Å²) >= 11 is 6.43. The van der Waals surface area contributed by atoms with Gasteiger partial charge in [0.25, 0.3) is 11.8 Å². The van der Waals surface area contributed by atoms with Crippen molar-refractivity contribution < 1.29 is 18.0 Å². The molecule has 0 radical (unpaired) electrons. The lowest BCUT2D eigenvalue weighted by molar-refractivity contribution is -0.123. The number of nitrogens with zero attached hydrogens (tertiary/aromatic N) is 2. The predicted molar refractivity (Wildman–Crippen MR) is 110 cm³/mol. The fourth-order valence-corrected chi connectivity index (χ4v) is 6.81. The van der Waals surface area contributed by atoms with Crippen LogP contribution < -0.4 is 4.90 Å². The Hall–Kier alpha value is -1.97. The van der Waals surface area contributed by atoms with Gasteiger partial charge in [0.2, 0.25) is 0 Å². The molecule has 1 aromatic carbocycles. The average Bonchev–Trinajstić information content (AvgIpc) is 3.21. The Balaban J connectivity index is 1.78. The minimum atomic E-state index is -3.16. The summed E-state index contributed by atoms with van der Waals surface area (Å²) in [7, 11) is -3.16. The van der Waals surface area contributed by atoms with Gasteiger partial charge in [0.15, 0.2) is 9.84 Å². The molecule has 3 aliphatic heterocycles. The molecule has 0 N–H and O–H groups in total. The molecule has 4 rings (SSSR count). The second kappa shape index (κ2) is 6.57. The number of sulfone groups is 1. The number of hydrogen-bond acceptors (Lipinski definition) is 6. The Kier molecular flexibility index (Phi) is 4.48. The lowest BCUT2D eigenvalue weighted by Crippen LogP contribution is -2.39. The SMILES string of the molecule is C=CCN1C(=O)/C(=C2\SC(=S)N([C@@H]3CCS(=O)(=O)C3)C2=O)c2ccccc21. The summed E-state index contributed by atoms with van der Waals surface area (Å²) in [4.78, 5) is 29.3. The van der Waals surface area contributed by atoms with E-state index in [1.807, 2.05) is 18.2 Å². The molecular weight excluding hydrogens is 404 g/mol. The summed E-state index contributed by atoms with van der Waals surface area (Å²) in [6.45, 7) is 4.02. The first-order valence-corrected chi connectivity index (χ1v) is 11.4. The van der Waals surface area contributed by atoms with Gasteiger partial charge in [-0.25, -0.2) is 8.42 Å². The van der Waals surface area contributed by atoms with Crippen molar-refractivity contribution in [2.45, 2.75) is 12.5 Å². The molecule has 2 amide bonds. The Bertz CT molecular complexity index is 1030. The van der Waals surface area contributed by atoms with Crippen molar-refractivity contribution in [1.29, 1.82) is 0 Å². The first kappa shape index (κ1) is 18.4. The Morgan fingerprint density at radius 1 is 1.26 bits per heavy atom. The maximum Gasteiger partial charge on any atom is 0.267 e. The van der Waals surface area contributed by atoms with E-state index in [4.69, 9.17) is 12.2 Å². The van der Waals surface area contributed by atoms with E-state index in [0.29, 0.717) is 28.4 Å². The second-order valence-electron chi connectivity index (χ2n) is 6.53. The van der Waals surface area contributed by atoms with E-state index in [0.717, 1.165) is 17.4 Å². The number of thiocarbonyl (C=S) groups is 1. The summed E-state index contributed by atoms with van der Waals surface area (Å²) in [5, 5.41) is 0. The highest BCUT2D eigenvalue weighted by Gasteiger charge is 2.46. The average molecular weight is 421 g/mol. The summed E-state index contributed by atoms with van der Waals surface area (Å²) in [6, 6.07) is 6.82. The van der Waals surface area contributed by atoms with Crippen LogP contribution in [0, 0.1) is 0 Å². The molecule has 6 nitrogen and oxygen atoms in total. The van der Waals surface area contributed by atoms with Gasteiger partial charge in [-0.3, -0.25) is 14.5 Å². The maximum absolute atomic E-state index is 13.1. The van der Waals surface area contributed by atoms with Gasteiger partial charge in [-0.1, -0.05) is 48.3 Å². The molecule has 140 valence electrons. The van der Waals surface area contributed by atoms with Crippen LogP contribution in [-0.2, 0) is 19.4 Å². The minimum absolute atomic E-state index is 0.0511. The first-order valence-electron chi connectivity index (χ1n) is 8.36. The summed E-state index contributed by atoms with van der Waals surface area (Å²) in [5.41, 5.74) is 1.74. The maximum atomic E-state index is 13.1. The van der Waals surface area contributed by atoms with Crippen molar-refractivity contribution >= 4 is 61.2 Å². The largest absolute Gasteiger partial charge is 0.304 e. The molecule has 0 bridgehead atoms. The highest BCUT2D eigenvalue weighted by atomic mass is 32.2. The summed E-state index contributed by atoms with van der Waals surface area (Å²) < 4.78 is 23.9. The molecule has 1 aromatic rings. The number of carbonyl (C=O) groups excluding carboxylic acids is 2. The second-order valence-corrected chi connectivity index (χ2v) is 10.4. The van der Waals surface area contributed by atoms with E-state index in [9.17, 15) is 18.0 Å². The molecule has 2 saturated heterocycles. The van der Waals surface area contributed by atoms with Crippen LogP contribution in [0.3, 0.4) is 0 Å². The quantitative estimate of drug-likeness (QED) is 0.423. The van der Waals surface area contributed by atoms with Crippen molar-refractivity contribution in [2.75, 3.05) is 23.0 Å². The van der Waals surface area contributed by atoms with Crippen molar-refractivity contribution in [1.82, 2.24) is 4.90 Å². The molecule has 9 heteroatoms. The molecule has 2 fully saturated rings. The van der Waals surface area contributed by atoms with Crippen LogP contribution >= 0.6 is 24.0 Å². The highest BCUT2D eigenvalue weighted by molar-refractivity contribution is 8.26. The number of thioether (sulfide) groups is 1. The molecule has 1 atom stereocenters. The van der Waals surface area contributed by atoms with Gasteiger partial charge < -0.3 is 4.90 Å². The van der Waals surface area contributed by atoms with Gasteiger partial charge in [-0.2, -0.15) is 0 Å². The van der Waals surface area contributed by atoms with E-state index in [2.05, 4.69) is 6.58 Å². The van der Waals surface area contributed by atoms with Crippen molar-refractivity contribution in [3.05, 3.63) is 47.4 Å². The third-order valence-electron chi connectivity index (χ3n) is 4.83. The molecule has 0 saturated carbocycles. The Morgan fingerprint density at radius 3 is 2.67 bits per heavy atom. The zero-order valence-electron chi connectivity index (χ0n) is 14.3. The fraction of sp³-hybridized carbons (Fsp3) is 0.278. The number of hydrogen-bond donors (Lipinski definition) is 0. The number of fused-ring (bicyclic) bond motifs is 1. The van der Waals surface area contributed by atoms with E-state index in [-0.39, 0.29) is 28.2 Å². The van der Waals surface area contributed by atoms with Crippen LogP contribution in [0.1, 0.15) is 12.0 Å². The Labute approximate surface area is 166 Å². The zero-order chi connectivity index (χ0) is 19.3. The van der Waals surface area contributed by atoms with Crippen molar-refractivity contribution in [2.24, 2.45) is 0 Å². The van der Waals surface area contributed by atoms with Crippen LogP contribution in [-0.4, -0.2) is 53.5 Å². The number of para-hydroxylation sites is 1. The predicted octanol–water partition coefficient (Wildman–Crippen LogP) is 1.98. The topological polar surface area (TPSA) is 74.8 Å². The highest BCUT2D eigenvalue weighted by Crippen LogP contribution is 2.45. The van der Waals surface area contributed by atoms with Gasteiger partial charge in [0.05, 0.1) is 33.7 Å². The molecule has 0 spiro atoms. The third-order valence-corrected chi connectivity index (χ3v) is 7.99. The standard InChI is InChI=1S/C18H16N2O4S3/c1-2-8-19-13-6-4-3-5-12(13)14(16(19)21)15-17(22)20(18(25)26-15)11-7-9-27(23,24)10-11/h2-6,11H,1,7-10H2/b15-14-/t11-/m1/s1. The molecule has 27 heavy (non-hydrogen) atoms. The number of carbonyl (C=O) groups is 2.